The first-order valence-electron chi connectivity index (χ1n) is 4.78. The van der Waals surface area contributed by atoms with Crippen LogP contribution in [-0.2, 0) is 4.79 Å². The van der Waals surface area contributed by atoms with Gasteiger partial charge in [0, 0.05) is 14.0 Å². The highest BCUT2D eigenvalue weighted by molar-refractivity contribution is 5.92. The number of carbonyl (C=O) groups is 1. The van der Waals surface area contributed by atoms with Crippen LogP contribution in [0.5, 0.6) is 0 Å². The molecule has 0 heterocycles. The van der Waals surface area contributed by atoms with Gasteiger partial charge in [0.15, 0.2) is 0 Å². The minimum absolute atomic E-state index is 0.0577. The van der Waals surface area contributed by atoms with Crippen LogP contribution in [0.25, 0.3) is 0 Å². The molecule has 3 nitrogen and oxygen atoms in total. The summed E-state index contributed by atoms with van der Waals surface area (Å²) in [6.07, 6.45) is 0. The third kappa shape index (κ3) is 3.94. The monoisotopic (exact) mass is 194 g/mol. The van der Waals surface area contributed by atoms with Crippen molar-refractivity contribution in [3.05, 3.63) is 24.3 Å². The first-order chi connectivity index (χ1) is 6.74. The Bertz CT molecular complexity index is 284. The predicted molar refractivity (Wildman–Crippen MR) is 61.6 cm³/mol. The van der Waals surface area contributed by atoms with Crippen LogP contribution in [0.1, 0.15) is 20.8 Å². The normalized spacial score (nSPS) is 8.29. The second kappa shape index (κ2) is 6.95. The molecule has 0 fully saturated rings. The third-order valence-corrected chi connectivity index (χ3v) is 1.51. The molecule has 0 radical (unpaired) electrons. The zero-order chi connectivity index (χ0) is 11.0. The fourth-order valence-corrected chi connectivity index (χ4v) is 1.000. The van der Waals surface area contributed by atoms with Crippen molar-refractivity contribution in [1.29, 1.82) is 0 Å². The smallest absolute Gasteiger partial charge is 0.221 e. The minimum atomic E-state index is -0.0577. The highest BCUT2D eigenvalue weighted by Gasteiger charge is 1.99. The summed E-state index contributed by atoms with van der Waals surface area (Å²) in [6, 6.07) is 7.56. The Morgan fingerprint density at radius 2 is 1.64 bits per heavy atom. The zero-order valence-corrected chi connectivity index (χ0v) is 9.22. The predicted octanol–water partition coefficient (Wildman–Crippen LogP) is 2.71. The average Bonchev–Trinajstić information content (AvgIpc) is 2.21. The SMILES string of the molecule is CC.CNc1ccccc1NC(C)=O. The Labute approximate surface area is 85.5 Å². The van der Waals surface area contributed by atoms with E-state index in [4.69, 9.17) is 0 Å². The molecule has 0 aliphatic heterocycles. The molecular formula is C11H18N2O. The van der Waals surface area contributed by atoms with Crippen molar-refractivity contribution in [3.63, 3.8) is 0 Å². The number of hydrogen-bond acceptors (Lipinski definition) is 2. The maximum atomic E-state index is 10.7. The summed E-state index contributed by atoms with van der Waals surface area (Å²) < 4.78 is 0. The molecule has 0 atom stereocenters. The molecule has 0 aliphatic rings. The van der Waals surface area contributed by atoms with E-state index >= 15 is 0 Å². The average molecular weight is 194 g/mol. The number of carbonyl (C=O) groups excluding carboxylic acids is 1. The van der Waals surface area contributed by atoms with Gasteiger partial charge >= 0.3 is 0 Å². The van der Waals surface area contributed by atoms with Gasteiger partial charge in [-0.2, -0.15) is 0 Å². The van der Waals surface area contributed by atoms with Crippen molar-refractivity contribution in [2.45, 2.75) is 20.8 Å². The molecule has 1 aromatic carbocycles. The van der Waals surface area contributed by atoms with E-state index in [1.807, 2.05) is 45.2 Å². The van der Waals surface area contributed by atoms with Gasteiger partial charge in [-0.15, -0.1) is 0 Å². The number of amides is 1. The van der Waals surface area contributed by atoms with Gasteiger partial charge in [0.05, 0.1) is 11.4 Å². The molecule has 0 saturated carbocycles. The van der Waals surface area contributed by atoms with Crippen molar-refractivity contribution in [1.82, 2.24) is 0 Å². The highest BCUT2D eigenvalue weighted by Crippen LogP contribution is 2.19. The Morgan fingerprint density at radius 3 is 2.07 bits per heavy atom. The van der Waals surface area contributed by atoms with Crippen LogP contribution in [0.2, 0.25) is 0 Å². The maximum absolute atomic E-state index is 10.7. The van der Waals surface area contributed by atoms with E-state index in [0.717, 1.165) is 11.4 Å². The topological polar surface area (TPSA) is 41.1 Å². The van der Waals surface area contributed by atoms with Crippen molar-refractivity contribution in [3.8, 4) is 0 Å². The lowest BCUT2D eigenvalue weighted by atomic mass is 10.2. The summed E-state index contributed by atoms with van der Waals surface area (Å²) in [5, 5.41) is 5.71. The standard InChI is InChI=1S/C9H12N2O.C2H6/c1-7(12)11-9-6-4-3-5-8(9)10-2;1-2/h3-6,10H,1-2H3,(H,11,12);1-2H3. The van der Waals surface area contributed by atoms with Gasteiger partial charge < -0.3 is 10.6 Å². The molecule has 1 aromatic rings. The van der Waals surface area contributed by atoms with Crippen molar-refractivity contribution in [2.24, 2.45) is 0 Å². The van der Waals surface area contributed by atoms with Gasteiger partial charge in [-0.1, -0.05) is 26.0 Å². The lowest BCUT2D eigenvalue weighted by molar-refractivity contribution is -0.114. The molecule has 2 N–H and O–H groups in total. The molecule has 0 unspecified atom stereocenters. The molecular weight excluding hydrogens is 176 g/mol. The minimum Gasteiger partial charge on any atom is -0.386 e. The summed E-state index contributed by atoms with van der Waals surface area (Å²) in [6.45, 7) is 5.49. The number of para-hydroxylation sites is 2. The molecule has 0 saturated heterocycles. The van der Waals surface area contributed by atoms with E-state index < -0.39 is 0 Å². The first-order valence-corrected chi connectivity index (χ1v) is 4.78. The quantitative estimate of drug-likeness (QED) is 0.760. The Balaban J connectivity index is 0.000000791. The molecule has 0 spiro atoms. The molecule has 14 heavy (non-hydrogen) atoms. The molecule has 0 aromatic heterocycles. The second-order valence-electron chi connectivity index (χ2n) is 2.48. The number of benzene rings is 1. The van der Waals surface area contributed by atoms with E-state index in [-0.39, 0.29) is 5.91 Å². The fraction of sp³-hybridized carbons (Fsp3) is 0.364. The van der Waals surface area contributed by atoms with Crippen molar-refractivity contribution in [2.75, 3.05) is 17.7 Å². The Hall–Kier alpha value is -1.51. The third-order valence-electron chi connectivity index (χ3n) is 1.51. The highest BCUT2D eigenvalue weighted by atomic mass is 16.1. The summed E-state index contributed by atoms with van der Waals surface area (Å²) in [5.41, 5.74) is 1.74. The second-order valence-corrected chi connectivity index (χ2v) is 2.48. The van der Waals surface area contributed by atoms with Crippen LogP contribution in [0.15, 0.2) is 24.3 Å². The summed E-state index contributed by atoms with van der Waals surface area (Å²) in [7, 11) is 1.82. The van der Waals surface area contributed by atoms with E-state index in [1.54, 1.807) is 0 Å². The van der Waals surface area contributed by atoms with Gasteiger partial charge in [0.2, 0.25) is 5.91 Å². The van der Waals surface area contributed by atoms with Crippen molar-refractivity contribution < 1.29 is 4.79 Å². The van der Waals surface area contributed by atoms with Crippen LogP contribution in [-0.4, -0.2) is 13.0 Å². The summed E-state index contributed by atoms with van der Waals surface area (Å²) >= 11 is 0. The molecule has 1 amide bonds. The number of anilines is 2. The maximum Gasteiger partial charge on any atom is 0.221 e. The first kappa shape index (κ1) is 12.5. The van der Waals surface area contributed by atoms with Crippen LogP contribution in [0.3, 0.4) is 0 Å². The van der Waals surface area contributed by atoms with E-state index in [9.17, 15) is 4.79 Å². The molecule has 3 heteroatoms. The van der Waals surface area contributed by atoms with E-state index in [0.29, 0.717) is 0 Å². The number of hydrogen-bond donors (Lipinski definition) is 2. The summed E-state index contributed by atoms with van der Waals surface area (Å²) in [4.78, 5) is 10.7. The van der Waals surface area contributed by atoms with Crippen LogP contribution in [0.4, 0.5) is 11.4 Å². The Morgan fingerprint density at radius 1 is 1.14 bits per heavy atom. The Kier molecular flexibility index (Phi) is 6.20. The summed E-state index contributed by atoms with van der Waals surface area (Å²) in [5.74, 6) is -0.0577. The van der Waals surface area contributed by atoms with Gasteiger partial charge in [0.25, 0.3) is 0 Å². The number of nitrogens with one attached hydrogen (secondary N) is 2. The molecule has 0 bridgehead atoms. The van der Waals surface area contributed by atoms with Gasteiger partial charge in [-0.25, -0.2) is 0 Å². The van der Waals surface area contributed by atoms with Gasteiger partial charge in [-0.3, -0.25) is 4.79 Å². The molecule has 0 aliphatic carbocycles. The molecule has 78 valence electrons. The fourth-order valence-electron chi connectivity index (χ4n) is 1.000. The van der Waals surface area contributed by atoms with E-state index in [2.05, 4.69) is 10.6 Å². The lowest BCUT2D eigenvalue weighted by Crippen LogP contribution is -2.07. The van der Waals surface area contributed by atoms with E-state index in [1.165, 1.54) is 6.92 Å². The van der Waals surface area contributed by atoms with Crippen LogP contribution < -0.4 is 10.6 Å². The van der Waals surface area contributed by atoms with Crippen molar-refractivity contribution >= 4 is 17.3 Å². The van der Waals surface area contributed by atoms with Gasteiger partial charge in [-0.05, 0) is 12.1 Å². The zero-order valence-electron chi connectivity index (χ0n) is 9.22. The largest absolute Gasteiger partial charge is 0.386 e. The number of rotatable bonds is 2. The van der Waals surface area contributed by atoms with Crippen LogP contribution >= 0.6 is 0 Å². The lowest BCUT2D eigenvalue weighted by Gasteiger charge is -2.07. The van der Waals surface area contributed by atoms with Crippen LogP contribution in [0, 0.1) is 0 Å². The van der Waals surface area contributed by atoms with Gasteiger partial charge in [0.1, 0.15) is 0 Å². The molecule has 1 rings (SSSR count).